The summed E-state index contributed by atoms with van der Waals surface area (Å²) in [5.41, 5.74) is 1.92. The topological polar surface area (TPSA) is 70.5 Å². The van der Waals surface area contributed by atoms with Gasteiger partial charge in [-0.15, -0.1) is 5.10 Å². The molecule has 0 spiro atoms. The zero-order valence-electron chi connectivity index (χ0n) is 13.9. The predicted octanol–water partition coefficient (Wildman–Crippen LogP) is 2.42. The Morgan fingerprint density at radius 2 is 2.12 bits per heavy atom. The van der Waals surface area contributed by atoms with E-state index >= 15 is 0 Å². The van der Waals surface area contributed by atoms with Crippen molar-refractivity contribution in [2.24, 2.45) is 7.05 Å². The minimum Gasteiger partial charge on any atom is -0.454 e. The molecular weight excluding hydrogens is 342 g/mol. The summed E-state index contributed by atoms with van der Waals surface area (Å²) in [4.78, 5) is 2.41. The average Bonchev–Trinajstić information content (AvgIpc) is 3.28. The van der Waals surface area contributed by atoms with Crippen molar-refractivity contribution in [3.63, 3.8) is 0 Å². The summed E-state index contributed by atoms with van der Waals surface area (Å²) >= 11 is 5.29. The fraction of sp³-hybridized carbons (Fsp3) is 0.312. The number of fused-ring (bicyclic) bond motifs is 1. The fourth-order valence-corrected chi connectivity index (χ4v) is 2.86. The van der Waals surface area contributed by atoms with Gasteiger partial charge in [0.05, 0.1) is 12.9 Å². The van der Waals surface area contributed by atoms with Gasteiger partial charge in [0.25, 0.3) is 4.84 Å². The van der Waals surface area contributed by atoms with Gasteiger partial charge in [0.15, 0.2) is 11.5 Å². The smallest absolute Gasteiger partial charge is 0.288 e. The SMILES string of the molecule is CN(Cc1cnn(C)c1)Cn1nc(-c2ccc3c(c2)OCO3)oc1=S. The molecule has 2 aromatic heterocycles. The summed E-state index contributed by atoms with van der Waals surface area (Å²) in [5, 5.41) is 8.65. The van der Waals surface area contributed by atoms with Gasteiger partial charge in [-0.2, -0.15) is 5.10 Å². The van der Waals surface area contributed by atoms with Crippen molar-refractivity contribution in [2.75, 3.05) is 13.8 Å². The third kappa shape index (κ3) is 3.28. The average molecular weight is 359 g/mol. The molecule has 0 amide bonds. The van der Waals surface area contributed by atoms with Crippen LogP contribution in [0.3, 0.4) is 0 Å². The highest BCUT2D eigenvalue weighted by molar-refractivity contribution is 7.71. The Morgan fingerprint density at radius 1 is 1.28 bits per heavy atom. The zero-order valence-corrected chi connectivity index (χ0v) is 14.7. The van der Waals surface area contributed by atoms with Crippen LogP contribution in [0.25, 0.3) is 11.5 Å². The van der Waals surface area contributed by atoms with Crippen LogP contribution < -0.4 is 9.47 Å². The lowest BCUT2D eigenvalue weighted by Crippen LogP contribution is -2.22. The Bertz CT molecular complexity index is 961. The molecule has 25 heavy (non-hydrogen) atoms. The highest BCUT2D eigenvalue weighted by Crippen LogP contribution is 2.35. The van der Waals surface area contributed by atoms with Crippen LogP contribution in [-0.4, -0.2) is 38.3 Å². The molecule has 0 N–H and O–H groups in total. The molecule has 4 rings (SSSR count). The first-order chi connectivity index (χ1) is 12.1. The van der Waals surface area contributed by atoms with E-state index in [1.807, 2.05) is 44.7 Å². The predicted molar refractivity (Wildman–Crippen MR) is 91.6 cm³/mol. The molecule has 1 aliphatic rings. The summed E-state index contributed by atoms with van der Waals surface area (Å²) in [5.74, 6) is 1.86. The first kappa shape index (κ1) is 15.9. The summed E-state index contributed by atoms with van der Waals surface area (Å²) in [6, 6.07) is 5.55. The van der Waals surface area contributed by atoms with E-state index in [1.54, 1.807) is 9.36 Å². The molecule has 9 heteroatoms. The van der Waals surface area contributed by atoms with Crippen molar-refractivity contribution >= 4 is 12.2 Å². The summed E-state index contributed by atoms with van der Waals surface area (Å²) < 4.78 is 19.8. The molecule has 3 heterocycles. The number of rotatable bonds is 5. The van der Waals surface area contributed by atoms with Crippen LogP contribution in [-0.2, 0) is 20.3 Å². The third-order valence-corrected chi connectivity index (χ3v) is 4.11. The van der Waals surface area contributed by atoms with Crippen molar-refractivity contribution in [2.45, 2.75) is 13.2 Å². The lowest BCUT2D eigenvalue weighted by Gasteiger charge is -2.14. The van der Waals surface area contributed by atoms with Crippen LogP contribution in [0.15, 0.2) is 35.0 Å². The maximum absolute atomic E-state index is 5.64. The van der Waals surface area contributed by atoms with Crippen LogP contribution in [0.2, 0.25) is 0 Å². The largest absolute Gasteiger partial charge is 0.454 e. The third-order valence-electron chi connectivity index (χ3n) is 3.81. The van der Waals surface area contributed by atoms with Crippen LogP contribution in [0.5, 0.6) is 11.5 Å². The van der Waals surface area contributed by atoms with Crippen molar-refractivity contribution in [1.82, 2.24) is 24.5 Å². The van der Waals surface area contributed by atoms with Crippen LogP contribution in [0.1, 0.15) is 5.56 Å². The Hall–Kier alpha value is -2.65. The second-order valence-electron chi connectivity index (χ2n) is 5.92. The molecule has 8 nitrogen and oxygen atoms in total. The maximum atomic E-state index is 5.64. The van der Waals surface area contributed by atoms with E-state index in [0.29, 0.717) is 23.1 Å². The standard InChI is InChI=1S/C16H17N5O3S/c1-19(7-11-6-17-20(2)8-11)9-21-16(25)24-15(18-21)12-3-4-13-14(5-12)23-10-22-13/h3-6,8H,7,9-10H2,1-2H3. The highest BCUT2D eigenvalue weighted by atomic mass is 32.1. The van der Waals surface area contributed by atoms with Gasteiger partial charge in [-0.1, -0.05) is 0 Å². The number of hydrogen-bond acceptors (Lipinski definition) is 7. The summed E-state index contributed by atoms with van der Waals surface area (Å²) in [6.45, 7) is 1.49. The van der Waals surface area contributed by atoms with E-state index in [1.165, 1.54) is 0 Å². The number of hydrogen-bond donors (Lipinski definition) is 0. The van der Waals surface area contributed by atoms with Gasteiger partial charge in [0, 0.05) is 30.9 Å². The van der Waals surface area contributed by atoms with Crippen molar-refractivity contribution in [3.05, 3.63) is 41.0 Å². The number of nitrogens with zero attached hydrogens (tertiary/aromatic N) is 5. The Morgan fingerprint density at radius 3 is 2.92 bits per heavy atom. The number of aryl methyl sites for hydroxylation is 1. The van der Waals surface area contributed by atoms with E-state index in [-0.39, 0.29) is 6.79 Å². The van der Waals surface area contributed by atoms with E-state index in [4.69, 9.17) is 26.1 Å². The number of aromatic nitrogens is 4. The van der Waals surface area contributed by atoms with Crippen LogP contribution >= 0.6 is 12.2 Å². The van der Waals surface area contributed by atoms with E-state index in [9.17, 15) is 0 Å². The number of ether oxygens (including phenoxy) is 2. The monoisotopic (exact) mass is 359 g/mol. The van der Waals surface area contributed by atoms with Crippen molar-refractivity contribution in [3.8, 4) is 23.0 Å². The minimum atomic E-state index is 0.232. The first-order valence-electron chi connectivity index (χ1n) is 7.72. The molecule has 1 aliphatic heterocycles. The molecular formula is C16H17N5O3S. The van der Waals surface area contributed by atoms with Gasteiger partial charge in [-0.3, -0.25) is 9.58 Å². The molecule has 0 fully saturated rings. The molecule has 0 atom stereocenters. The van der Waals surface area contributed by atoms with Crippen molar-refractivity contribution < 1.29 is 13.9 Å². The molecule has 0 aliphatic carbocycles. The molecule has 0 saturated carbocycles. The highest BCUT2D eigenvalue weighted by Gasteiger charge is 2.17. The minimum absolute atomic E-state index is 0.232. The molecule has 0 unspecified atom stereocenters. The Kier molecular flexibility index (Phi) is 4.02. The Balaban J connectivity index is 1.51. The molecule has 1 aromatic carbocycles. The molecule has 130 valence electrons. The zero-order chi connectivity index (χ0) is 17.4. The Labute approximate surface area is 149 Å². The lowest BCUT2D eigenvalue weighted by atomic mass is 10.2. The van der Waals surface area contributed by atoms with E-state index < -0.39 is 0 Å². The molecule has 3 aromatic rings. The van der Waals surface area contributed by atoms with Gasteiger partial charge in [0.2, 0.25) is 12.7 Å². The van der Waals surface area contributed by atoms with Crippen LogP contribution in [0, 0.1) is 4.84 Å². The van der Waals surface area contributed by atoms with Gasteiger partial charge in [-0.25, -0.2) is 4.68 Å². The van der Waals surface area contributed by atoms with Gasteiger partial charge >= 0.3 is 0 Å². The second-order valence-corrected chi connectivity index (χ2v) is 6.27. The maximum Gasteiger partial charge on any atom is 0.288 e. The second kappa shape index (κ2) is 6.34. The van der Waals surface area contributed by atoms with Gasteiger partial charge < -0.3 is 13.9 Å². The lowest BCUT2D eigenvalue weighted by molar-refractivity contribution is 0.174. The molecule has 0 saturated heterocycles. The van der Waals surface area contributed by atoms with E-state index in [2.05, 4.69) is 15.1 Å². The molecule has 0 radical (unpaired) electrons. The summed E-state index contributed by atoms with van der Waals surface area (Å²) in [7, 11) is 3.89. The number of benzene rings is 1. The van der Waals surface area contributed by atoms with Crippen LogP contribution in [0.4, 0.5) is 0 Å². The summed E-state index contributed by atoms with van der Waals surface area (Å²) in [6.07, 6.45) is 3.83. The van der Waals surface area contributed by atoms with Gasteiger partial charge in [-0.05, 0) is 37.5 Å². The normalized spacial score (nSPS) is 12.9. The first-order valence-corrected chi connectivity index (χ1v) is 8.13. The quantitative estimate of drug-likeness (QED) is 0.648. The van der Waals surface area contributed by atoms with Crippen molar-refractivity contribution in [1.29, 1.82) is 0 Å². The van der Waals surface area contributed by atoms with Gasteiger partial charge in [0.1, 0.15) is 0 Å². The molecule has 0 bridgehead atoms. The fourth-order valence-electron chi connectivity index (χ4n) is 2.69. The van der Waals surface area contributed by atoms with E-state index in [0.717, 1.165) is 23.4 Å².